The Labute approximate surface area is 145 Å². The zero-order chi connectivity index (χ0) is 17.6. The molecule has 0 fully saturated rings. The molecule has 6 nitrogen and oxygen atoms in total. The van der Waals surface area contributed by atoms with E-state index in [4.69, 9.17) is 14.2 Å². The molecule has 0 aliphatic carbocycles. The molecule has 0 aromatic heterocycles. The first-order valence-corrected chi connectivity index (χ1v) is 8.02. The van der Waals surface area contributed by atoms with E-state index in [0.29, 0.717) is 35.8 Å². The molecular weight excluding hydrogens is 322 g/mol. The number of esters is 1. The molecule has 2 aromatic rings. The number of rotatable bonds is 4. The van der Waals surface area contributed by atoms with Crippen LogP contribution in [0.3, 0.4) is 0 Å². The van der Waals surface area contributed by atoms with Gasteiger partial charge in [-0.2, -0.15) is 0 Å². The maximum absolute atomic E-state index is 12.6. The zero-order valence-electron chi connectivity index (χ0n) is 13.9. The molecule has 0 radical (unpaired) electrons. The number of fused-ring (bicyclic) bond motifs is 1. The van der Waals surface area contributed by atoms with Crippen LogP contribution in [0.25, 0.3) is 0 Å². The van der Waals surface area contributed by atoms with E-state index in [-0.39, 0.29) is 0 Å². The number of carbonyl (C=O) groups excluding carboxylic acids is 2. The second-order valence-corrected chi connectivity index (χ2v) is 5.55. The highest BCUT2D eigenvalue weighted by molar-refractivity contribution is 5.97. The van der Waals surface area contributed by atoms with Crippen LogP contribution >= 0.6 is 0 Å². The van der Waals surface area contributed by atoms with E-state index in [0.717, 1.165) is 6.42 Å². The van der Waals surface area contributed by atoms with Crippen molar-refractivity contribution in [1.82, 2.24) is 5.32 Å². The number of ether oxygens (including phenoxy) is 3. The highest BCUT2D eigenvalue weighted by Gasteiger charge is 2.24. The fraction of sp³-hybridized carbons (Fsp3) is 0.263. The summed E-state index contributed by atoms with van der Waals surface area (Å²) in [7, 11) is 1.29. The Bertz CT molecular complexity index is 760. The van der Waals surface area contributed by atoms with Gasteiger partial charge in [-0.1, -0.05) is 30.3 Å². The molecule has 2 aromatic carbocycles. The number of nitrogens with one attached hydrogen (secondary N) is 1. The van der Waals surface area contributed by atoms with E-state index >= 15 is 0 Å². The Morgan fingerprint density at radius 1 is 1.04 bits per heavy atom. The summed E-state index contributed by atoms with van der Waals surface area (Å²) < 4.78 is 16.0. The van der Waals surface area contributed by atoms with Crippen molar-refractivity contribution in [2.24, 2.45) is 0 Å². The van der Waals surface area contributed by atoms with Gasteiger partial charge in [0, 0.05) is 12.0 Å². The van der Waals surface area contributed by atoms with Gasteiger partial charge in [0.1, 0.15) is 0 Å². The Balaban J connectivity index is 1.82. The van der Waals surface area contributed by atoms with Crippen LogP contribution in [0, 0.1) is 0 Å². The van der Waals surface area contributed by atoms with Gasteiger partial charge in [0.15, 0.2) is 17.5 Å². The first-order valence-electron chi connectivity index (χ1n) is 8.02. The number of hydrogen-bond donors (Lipinski definition) is 1. The predicted molar refractivity (Wildman–Crippen MR) is 90.7 cm³/mol. The summed E-state index contributed by atoms with van der Waals surface area (Å²) in [6.07, 6.45) is 0.786. The first kappa shape index (κ1) is 16.8. The molecule has 1 unspecified atom stereocenters. The van der Waals surface area contributed by atoms with Gasteiger partial charge >= 0.3 is 5.97 Å². The van der Waals surface area contributed by atoms with Crippen LogP contribution in [0.2, 0.25) is 0 Å². The van der Waals surface area contributed by atoms with Gasteiger partial charge in [-0.15, -0.1) is 0 Å². The average molecular weight is 341 g/mol. The van der Waals surface area contributed by atoms with E-state index in [1.165, 1.54) is 7.11 Å². The van der Waals surface area contributed by atoms with Gasteiger partial charge in [-0.3, -0.25) is 4.79 Å². The number of hydrogen-bond acceptors (Lipinski definition) is 5. The van der Waals surface area contributed by atoms with Crippen LogP contribution in [0.1, 0.15) is 28.4 Å². The maximum atomic E-state index is 12.6. The summed E-state index contributed by atoms with van der Waals surface area (Å²) >= 11 is 0. The monoisotopic (exact) mass is 341 g/mol. The maximum Gasteiger partial charge on any atom is 0.333 e. The van der Waals surface area contributed by atoms with Crippen molar-refractivity contribution in [3.8, 4) is 11.5 Å². The lowest BCUT2D eigenvalue weighted by Crippen LogP contribution is -2.34. The lowest BCUT2D eigenvalue weighted by Gasteiger charge is -2.17. The smallest absolute Gasteiger partial charge is 0.333 e. The molecular formula is C19H19NO5. The minimum atomic E-state index is -0.880. The van der Waals surface area contributed by atoms with Gasteiger partial charge in [-0.05, 0) is 23.8 Å². The van der Waals surface area contributed by atoms with E-state index < -0.39 is 17.9 Å². The Kier molecular flexibility index (Phi) is 5.18. The van der Waals surface area contributed by atoms with Crippen molar-refractivity contribution >= 4 is 11.9 Å². The summed E-state index contributed by atoms with van der Waals surface area (Å²) in [5.41, 5.74) is 1.03. The zero-order valence-corrected chi connectivity index (χ0v) is 13.9. The molecule has 3 rings (SSSR count). The third kappa shape index (κ3) is 3.91. The van der Waals surface area contributed by atoms with Crippen molar-refractivity contribution < 1.29 is 23.8 Å². The van der Waals surface area contributed by atoms with Crippen LogP contribution in [0.4, 0.5) is 0 Å². The largest absolute Gasteiger partial charge is 0.490 e. The third-order valence-corrected chi connectivity index (χ3v) is 3.85. The van der Waals surface area contributed by atoms with Crippen molar-refractivity contribution in [1.29, 1.82) is 0 Å². The van der Waals surface area contributed by atoms with Crippen LogP contribution in [-0.2, 0) is 9.53 Å². The van der Waals surface area contributed by atoms with Crippen molar-refractivity contribution in [3.63, 3.8) is 0 Å². The van der Waals surface area contributed by atoms with Crippen molar-refractivity contribution in [2.75, 3.05) is 20.3 Å². The van der Waals surface area contributed by atoms with Crippen LogP contribution in [0.5, 0.6) is 11.5 Å². The van der Waals surface area contributed by atoms with E-state index in [9.17, 15) is 9.59 Å². The molecule has 1 heterocycles. The van der Waals surface area contributed by atoms with Crippen LogP contribution in [-0.4, -0.2) is 32.2 Å². The topological polar surface area (TPSA) is 73.9 Å². The van der Waals surface area contributed by atoms with Gasteiger partial charge in [-0.25, -0.2) is 4.79 Å². The highest BCUT2D eigenvalue weighted by atomic mass is 16.5. The number of methoxy groups -OCH3 is 1. The predicted octanol–water partition coefficient (Wildman–Crippen LogP) is 2.49. The normalized spacial score (nSPS) is 14.1. The van der Waals surface area contributed by atoms with Crippen molar-refractivity contribution in [3.05, 3.63) is 59.7 Å². The molecule has 1 aliphatic rings. The second kappa shape index (κ2) is 7.70. The molecule has 1 aliphatic heterocycles. The molecule has 25 heavy (non-hydrogen) atoms. The Morgan fingerprint density at radius 3 is 2.48 bits per heavy atom. The van der Waals surface area contributed by atoms with Gasteiger partial charge in [0.25, 0.3) is 5.91 Å². The fourth-order valence-electron chi connectivity index (χ4n) is 2.56. The minimum absolute atomic E-state index is 0.383. The van der Waals surface area contributed by atoms with Gasteiger partial charge in [0.2, 0.25) is 0 Å². The molecule has 6 heteroatoms. The van der Waals surface area contributed by atoms with E-state index in [1.54, 1.807) is 42.5 Å². The molecule has 1 N–H and O–H groups in total. The summed E-state index contributed by atoms with van der Waals surface area (Å²) in [5.74, 6) is 0.213. The number of benzene rings is 2. The quantitative estimate of drug-likeness (QED) is 0.865. The van der Waals surface area contributed by atoms with Crippen molar-refractivity contribution in [2.45, 2.75) is 12.5 Å². The Hall–Kier alpha value is -3.02. The van der Waals surface area contributed by atoms with E-state index in [1.807, 2.05) is 6.07 Å². The molecule has 0 saturated heterocycles. The molecule has 0 bridgehead atoms. The standard InChI is InChI=1S/C19H19NO5/c1-23-19(22)17(13-6-3-2-4-7-13)20-18(21)14-8-9-15-16(12-14)25-11-5-10-24-15/h2-4,6-9,12,17H,5,10-11H2,1H3,(H,20,21). The summed E-state index contributed by atoms with van der Waals surface area (Å²) in [6, 6.07) is 13.0. The highest BCUT2D eigenvalue weighted by Crippen LogP contribution is 2.30. The van der Waals surface area contributed by atoms with Crippen LogP contribution < -0.4 is 14.8 Å². The lowest BCUT2D eigenvalue weighted by molar-refractivity contribution is -0.143. The molecule has 1 amide bonds. The molecule has 1 atom stereocenters. The molecule has 130 valence electrons. The summed E-state index contributed by atoms with van der Waals surface area (Å²) in [6.45, 7) is 1.11. The average Bonchev–Trinajstić information content (AvgIpc) is 2.90. The van der Waals surface area contributed by atoms with Gasteiger partial charge < -0.3 is 19.5 Å². The molecule has 0 spiro atoms. The second-order valence-electron chi connectivity index (χ2n) is 5.55. The first-order chi connectivity index (χ1) is 12.2. The summed E-state index contributed by atoms with van der Waals surface area (Å²) in [5, 5.41) is 2.71. The van der Waals surface area contributed by atoms with Gasteiger partial charge in [0.05, 0.1) is 20.3 Å². The fourth-order valence-corrected chi connectivity index (χ4v) is 2.56. The lowest BCUT2D eigenvalue weighted by atomic mass is 10.1. The SMILES string of the molecule is COC(=O)C(NC(=O)c1ccc2c(c1)OCCCO2)c1ccccc1. The molecule has 0 saturated carbocycles. The third-order valence-electron chi connectivity index (χ3n) is 3.85. The summed E-state index contributed by atoms with van der Waals surface area (Å²) in [4.78, 5) is 24.7. The van der Waals surface area contributed by atoms with E-state index in [2.05, 4.69) is 5.32 Å². The number of amides is 1. The minimum Gasteiger partial charge on any atom is -0.490 e. The van der Waals surface area contributed by atoms with Crippen LogP contribution in [0.15, 0.2) is 48.5 Å². The number of carbonyl (C=O) groups is 2. The Morgan fingerprint density at radius 2 is 1.76 bits per heavy atom.